The number of amides is 2. The number of nitrogens with one attached hydrogen (secondary N) is 1. The Morgan fingerprint density at radius 1 is 1.12 bits per heavy atom. The molecular weight excluding hydrogens is 424 g/mol. The molecule has 0 aliphatic carbocycles. The average molecular weight is 453 g/mol. The van der Waals surface area contributed by atoms with Gasteiger partial charge in [-0.1, -0.05) is 30.4 Å². The Morgan fingerprint density at radius 2 is 1.94 bits per heavy atom. The van der Waals surface area contributed by atoms with E-state index in [2.05, 4.69) is 11.1 Å². The van der Waals surface area contributed by atoms with Gasteiger partial charge in [0.2, 0.25) is 5.91 Å². The fourth-order valence-corrected chi connectivity index (χ4v) is 4.57. The van der Waals surface area contributed by atoms with Gasteiger partial charge in [-0.15, -0.1) is 0 Å². The minimum atomic E-state index is -0.619. The lowest BCUT2D eigenvalue weighted by atomic mass is 9.91. The largest absolute Gasteiger partial charge is 0.483 e. The van der Waals surface area contributed by atoms with Crippen molar-refractivity contribution in [2.75, 3.05) is 20.2 Å². The summed E-state index contributed by atoms with van der Waals surface area (Å²) in [6.07, 6.45) is 8.22. The van der Waals surface area contributed by atoms with E-state index in [-0.39, 0.29) is 37.0 Å². The summed E-state index contributed by atoms with van der Waals surface area (Å²) < 4.78 is 7.02. The van der Waals surface area contributed by atoms with Crippen LogP contribution in [0.3, 0.4) is 0 Å². The van der Waals surface area contributed by atoms with Crippen LogP contribution in [0.25, 0.3) is 0 Å². The Balaban J connectivity index is 1.59. The summed E-state index contributed by atoms with van der Waals surface area (Å²) >= 11 is 0. The number of likely N-dealkylation sites (N-methyl/N-ethyl adjacent to an activating group) is 1. The van der Waals surface area contributed by atoms with Gasteiger partial charge in [-0.25, -0.2) is 4.79 Å². The van der Waals surface area contributed by atoms with E-state index in [0.717, 1.165) is 18.4 Å². The van der Waals surface area contributed by atoms with Gasteiger partial charge in [-0.05, 0) is 37.3 Å². The number of nitrogens with zero attached hydrogens (tertiary/aromatic N) is 3. The second-order valence-corrected chi connectivity index (χ2v) is 8.41. The number of ether oxygens (including phenoxy) is 1. The zero-order valence-corrected chi connectivity index (χ0v) is 18.6. The summed E-state index contributed by atoms with van der Waals surface area (Å²) in [4.78, 5) is 55.2. The molecule has 174 valence electrons. The van der Waals surface area contributed by atoms with Crippen molar-refractivity contribution in [1.29, 1.82) is 0 Å². The number of hydrogen-bond donors (Lipinski definition) is 1. The van der Waals surface area contributed by atoms with Gasteiger partial charge in [-0.2, -0.15) is 0 Å². The number of fused-ring (bicyclic) bond motifs is 2. The molecule has 2 amide bonds. The molecule has 2 atom stereocenters. The van der Waals surface area contributed by atoms with E-state index >= 15 is 0 Å². The number of hydrogen-bond acceptors (Lipinski definition) is 5. The number of benzene rings is 1. The summed E-state index contributed by atoms with van der Waals surface area (Å²) in [5.41, 5.74) is -0.128. The Labute approximate surface area is 191 Å². The average Bonchev–Trinajstić information content (AvgIpc) is 2.81. The summed E-state index contributed by atoms with van der Waals surface area (Å²) in [7, 11) is 1.76. The summed E-state index contributed by atoms with van der Waals surface area (Å²) in [6, 6.07) is 8.50. The summed E-state index contributed by atoms with van der Waals surface area (Å²) in [5, 5.41) is 0. The normalized spacial score (nSPS) is 21.3. The molecule has 9 nitrogen and oxygen atoms in total. The van der Waals surface area contributed by atoms with Gasteiger partial charge >= 0.3 is 5.69 Å². The van der Waals surface area contributed by atoms with Crippen molar-refractivity contribution in [3.05, 3.63) is 75.1 Å². The zero-order chi connectivity index (χ0) is 23.4. The van der Waals surface area contributed by atoms with Crippen LogP contribution in [0.5, 0.6) is 5.75 Å². The van der Waals surface area contributed by atoms with Crippen LogP contribution in [0.4, 0.5) is 0 Å². The summed E-state index contributed by atoms with van der Waals surface area (Å²) in [5.74, 6) is 0.338. The van der Waals surface area contributed by atoms with Gasteiger partial charge in [0, 0.05) is 25.9 Å². The second-order valence-electron chi connectivity index (χ2n) is 8.41. The highest BCUT2D eigenvalue weighted by Crippen LogP contribution is 2.27. The maximum atomic E-state index is 13.2. The molecule has 0 bridgehead atoms. The lowest BCUT2D eigenvalue weighted by Crippen LogP contribution is -2.58. The van der Waals surface area contributed by atoms with Crippen molar-refractivity contribution in [1.82, 2.24) is 19.4 Å². The molecule has 3 heterocycles. The maximum absolute atomic E-state index is 13.2. The number of para-hydroxylation sites is 1. The molecule has 0 radical (unpaired) electrons. The second kappa shape index (κ2) is 9.89. The van der Waals surface area contributed by atoms with Gasteiger partial charge in [-0.3, -0.25) is 23.9 Å². The predicted molar refractivity (Wildman–Crippen MR) is 122 cm³/mol. The van der Waals surface area contributed by atoms with Crippen molar-refractivity contribution in [3.8, 4) is 5.75 Å². The van der Waals surface area contributed by atoms with Crippen molar-refractivity contribution in [2.45, 2.75) is 44.3 Å². The molecule has 0 saturated carbocycles. The van der Waals surface area contributed by atoms with E-state index in [4.69, 9.17) is 4.74 Å². The first-order chi connectivity index (χ1) is 15.9. The monoisotopic (exact) mass is 452 g/mol. The van der Waals surface area contributed by atoms with Gasteiger partial charge in [0.05, 0.1) is 12.1 Å². The van der Waals surface area contributed by atoms with Crippen LogP contribution in [0.1, 0.15) is 24.8 Å². The Bertz CT molecular complexity index is 1170. The molecule has 2 aliphatic heterocycles. The molecule has 0 spiro atoms. The smallest absolute Gasteiger partial charge is 0.328 e. The minimum Gasteiger partial charge on any atom is -0.483 e. The molecular formula is C24H28N4O5. The molecule has 4 rings (SSSR count). The van der Waals surface area contributed by atoms with Crippen LogP contribution in [-0.2, 0) is 22.6 Å². The third kappa shape index (κ3) is 5.08. The fourth-order valence-electron chi connectivity index (χ4n) is 4.57. The Morgan fingerprint density at radius 3 is 2.76 bits per heavy atom. The first-order valence-electron chi connectivity index (χ1n) is 11.1. The van der Waals surface area contributed by atoms with E-state index in [0.29, 0.717) is 25.1 Å². The number of allylic oxidation sites excluding steroid dienone is 1. The number of rotatable bonds is 2. The molecule has 1 fully saturated rings. The van der Waals surface area contributed by atoms with Crippen molar-refractivity contribution in [2.24, 2.45) is 0 Å². The topological polar surface area (TPSA) is 105 Å². The van der Waals surface area contributed by atoms with E-state index in [1.807, 2.05) is 30.3 Å². The van der Waals surface area contributed by atoms with Crippen LogP contribution in [0, 0.1) is 0 Å². The molecule has 33 heavy (non-hydrogen) atoms. The molecule has 1 N–H and O–H groups in total. The van der Waals surface area contributed by atoms with Gasteiger partial charge < -0.3 is 14.5 Å². The van der Waals surface area contributed by atoms with Gasteiger partial charge in [0.25, 0.3) is 11.5 Å². The van der Waals surface area contributed by atoms with Gasteiger partial charge in [0.1, 0.15) is 12.3 Å². The number of H-pyrrole nitrogens is 1. The minimum absolute atomic E-state index is 0.0683. The molecule has 0 unspecified atom stereocenters. The SMILES string of the molecule is CN1C(=O)COc2ccccc2CC=CC[C@@H]2[C@H]1CCCN2C(=O)Cn1ccc(=O)[nH]c1=O. The van der Waals surface area contributed by atoms with E-state index in [1.165, 1.54) is 16.8 Å². The van der Waals surface area contributed by atoms with E-state index in [9.17, 15) is 19.2 Å². The fraction of sp³-hybridized carbons (Fsp3) is 0.417. The highest BCUT2D eigenvalue weighted by molar-refractivity contribution is 5.79. The first-order valence-corrected chi connectivity index (χ1v) is 11.1. The molecule has 2 aliphatic rings. The van der Waals surface area contributed by atoms with E-state index in [1.54, 1.807) is 16.8 Å². The van der Waals surface area contributed by atoms with Crippen LogP contribution in [0.2, 0.25) is 0 Å². The lowest BCUT2D eigenvalue weighted by molar-refractivity contribution is -0.144. The van der Waals surface area contributed by atoms with Crippen LogP contribution in [0.15, 0.2) is 58.3 Å². The number of likely N-dealkylation sites (tertiary alicyclic amines) is 1. The maximum Gasteiger partial charge on any atom is 0.328 e. The third-order valence-corrected chi connectivity index (χ3v) is 6.36. The van der Waals surface area contributed by atoms with Crippen molar-refractivity contribution in [3.63, 3.8) is 0 Å². The van der Waals surface area contributed by atoms with Crippen LogP contribution in [-0.4, -0.2) is 63.4 Å². The lowest BCUT2D eigenvalue weighted by Gasteiger charge is -2.45. The number of carbonyl (C=O) groups is 2. The standard InChI is InChI=1S/C24H28N4O5/c1-26-18-10-6-13-28(22(30)15-27-14-12-21(29)25-24(27)32)19(18)9-4-2-7-17-8-3-5-11-20(17)33-16-23(26)31/h2-5,8,11-12,14,18-19H,6-7,9-10,13,15-16H2,1H3,(H,25,29,32)/t18-,19-/m1/s1. The molecule has 1 saturated heterocycles. The number of piperidine rings is 1. The van der Waals surface area contributed by atoms with Crippen LogP contribution >= 0.6 is 0 Å². The van der Waals surface area contributed by atoms with Crippen molar-refractivity contribution >= 4 is 11.8 Å². The Kier molecular flexibility index (Phi) is 6.76. The Hall–Kier alpha value is -3.62. The highest BCUT2D eigenvalue weighted by atomic mass is 16.5. The third-order valence-electron chi connectivity index (χ3n) is 6.36. The number of aromatic amines is 1. The van der Waals surface area contributed by atoms with Crippen LogP contribution < -0.4 is 16.0 Å². The molecule has 1 aromatic heterocycles. The molecule has 1 aromatic carbocycles. The van der Waals surface area contributed by atoms with Gasteiger partial charge in [0.15, 0.2) is 6.61 Å². The molecule has 2 aromatic rings. The number of carbonyl (C=O) groups excluding carboxylic acids is 2. The first kappa shape index (κ1) is 22.6. The van der Waals surface area contributed by atoms with E-state index < -0.39 is 11.2 Å². The van der Waals surface area contributed by atoms with Crippen molar-refractivity contribution < 1.29 is 14.3 Å². The zero-order valence-electron chi connectivity index (χ0n) is 18.6. The number of aromatic nitrogens is 2. The highest BCUT2D eigenvalue weighted by Gasteiger charge is 2.37. The predicted octanol–water partition coefficient (Wildman–Crippen LogP) is 0.936. The summed E-state index contributed by atoms with van der Waals surface area (Å²) in [6.45, 7) is 0.311. The quantitative estimate of drug-likeness (QED) is 0.683. The molecule has 9 heteroatoms.